The zero-order valence-electron chi connectivity index (χ0n) is 14.9. The predicted octanol–water partition coefficient (Wildman–Crippen LogP) is 1.06. The highest BCUT2D eigenvalue weighted by Gasteiger charge is 2.38. The van der Waals surface area contributed by atoms with Crippen molar-refractivity contribution >= 4 is 29.3 Å². The number of carbonyl (C=O) groups excluding carboxylic acids is 3. The van der Waals surface area contributed by atoms with Crippen LogP contribution < -0.4 is 11.1 Å². The molecule has 0 aliphatic carbocycles. The number of imide groups is 1. The predicted molar refractivity (Wildman–Crippen MR) is 97.4 cm³/mol. The van der Waals surface area contributed by atoms with E-state index in [1.807, 2.05) is 0 Å². The van der Waals surface area contributed by atoms with Gasteiger partial charge in [-0.25, -0.2) is 0 Å². The lowest BCUT2D eigenvalue weighted by Gasteiger charge is -2.27. The van der Waals surface area contributed by atoms with E-state index in [2.05, 4.69) is 5.32 Å². The molecule has 1 aromatic rings. The first-order valence-corrected chi connectivity index (χ1v) is 8.96. The van der Waals surface area contributed by atoms with Gasteiger partial charge in [0.25, 0.3) is 11.8 Å². The van der Waals surface area contributed by atoms with Gasteiger partial charge in [-0.2, -0.15) is 0 Å². The van der Waals surface area contributed by atoms with Crippen molar-refractivity contribution in [2.45, 2.75) is 45.4 Å². The molecule has 1 fully saturated rings. The van der Waals surface area contributed by atoms with Crippen molar-refractivity contribution in [3.63, 3.8) is 0 Å². The largest absolute Gasteiger partial charge is 0.383 e. The third-order valence-electron chi connectivity index (χ3n) is 4.50. The lowest BCUT2D eigenvalue weighted by molar-refractivity contribution is -0.146. The standard InChI is InChI=1S/C18H24ClN3O4/c1-10(2)15(23)18(26)22-7-3-4-14(22)17(25)21-16(24)13-8-12(19)6-5-11(13)9-20/h5-6,8,10,14-15,23H,3-4,7,9,20H2,1-2H3,(H,21,24,25)/t14-,15+/m0/s1. The number of hydrogen-bond donors (Lipinski definition) is 3. The molecule has 142 valence electrons. The summed E-state index contributed by atoms with van der Waals surface area (Å²) in [5.41, 5.74) is 6.42. The zero-order chi connectivity index (χ0) is 19.4. The van der Waals surface area contributed by atoms with Crippen LogP contribution in [0.25, 0.3) is 0 Å². The number of halogens is 1. The molecule has 8 heteroatoms. The van der Waals surface area contributed by atoms with Crippen molar-refractivity contribution in [3.05, 3.63) is 34.3 Å². The minimum absolute atomic E-state index is 0.128. The summed E-state index contributed by atoms with van der Waals surface area (Å²) >= 11 is 5.92. The molecule has 0 unspecified atom stereocenters. The third-order valence-corrected chi connectivity index (χ3v) is 4.73. The van der Waals surface area contributed by atoms with Crippen LogP contribution in [0.15, 0.2) is 18.2 Å². The van der Waals surface area contributed by atoms with E-state index in [1.165, 1.54) is 11.0 Å². The second kappa shape index (κ2) is 8.62. The van der Waals surface area contributed by atoms with Crippen LogP contribution in [0.3, 0.4) is 0 Å². The van der Waals surface area contributed by atoms with Gasteiger partial charge in [0.1, 0.15) is 12.1 Å². The molecule has 0 bridgehead atoms. The molecular weight excluding hydrogens is 358 g/mol. The molecule has 2 rings (SSSR count). The van der Waals surface area contributed by atoms with Crippen molar-refractivity contribution in [2.75, 3.05) is 6.54 Å². The molecule has 2 atom stereocenters. The average molecular weight is 382 g/mol. The Morgan fingerprint density at radius 1 is 1.38 bits per heavy atom. The Morgan fingerprint density at radius 3 is 2.69 bits per heavy atom. The molecule has 26 heavy (non-hydrogen) atoms. The summed E-state index contributed by atoms with van der Waals surface area (Å²) in [5.74, 6) is -1.93. The number of aliphatic hydroxyl groups excluding tert-OH is 1. The molecule has 0 spiro atoms. The topological polar surface area (TPSA) is 113 Å². The SMILES string of the molecule is CC(C)[C@@H](O)C(=O)N1CCC[C@H]1C(=O)NC(=O)c1cc(Cl)ccc1CN. The molecule has 7 nitrogen and oxygen atoms in total. The summed E-state index contributed by atoms with van der Waals surface area (Å²) in [7, 11) is 0. The van der Waals surface area contributed by atoms with Gasteiger partial charge in [0, 0.05) is 23.7 Å². The van der Waals surface area contributed by atoms with Crippen molar-refractivity contribution in [2.24, 2.45) is 11.7 Å². The van der Waals surface area contributed by atoms with Crippen molar-refractivity contribution < 1.29 is 19.5 Å². The average Bonchev–Trinajstić information content (AvgIpc) is 3.09. The van der Waals surface area contributed by atoms with Gasteiger partial charge in [-0.15, -0.1) is 0 Å². The van der Waals surface area contributed by atoms with Gasteiger partial charge in [0.15, 0.2) is 0 Å². The molecule has 0 saturated carbocycles. The van der Waals surface area contributed by atoms with Crippen molar-refractivity contribution in [3.8, 4) is 0 Å². The molecule has 0 radical (unpaired) electrons. The Balaban J connectivity index is 2.12. The van der Waals surface area contributed by atoms with E-state index >= 15 is 0 Å². The normalized spacial score (nSPS) is 18.1. The van der Waals surface area contributed by atoms with E-state index in [9.17, 15) is 19.5 Å². The Morgan fingerprint density at radius 2 is 2.08 bits per heavy atom. The number of nitrogens with one attached hydrogen (secondary N) is 1. The number of nitrogens with two attached hydrogens (primary N) is 1. The number of carbonyl (C=O) groups is 3. The molecule has 1 aliphatic heterocycles. The van der Waals surface area contributed by atoms with Gasteiger partial charge < -0.3 is 15.7 Å². The summed E-state index contributed by atoms with van der Waals surface area (Å²) < 4.78 is 0. The summed E-state index contributed by atoms with van der Waals surface area (Å²) in [6.07, 6.45) is -0.0981. The maximum Gasteiger partial charge on any atom is 0.258 e. The summed E-state index contributed by atoms with van der Waals surface area (Å²) in [6.45, 7) is 3.96. The number of amides is 3. The first-order valence-electron chi connectivity index (χ1n) is 8.58. The van der Waals surface area contributed by atoms with Gasteiger partial charge in [0.05, 0.1) is 0 Å². The smallest absolute Gasteiger partial charge is 0.258 e. The van der Waals surface area contributed by atoms with Crippen LogP contribution in [0.1, 0.15) is 42.6 Å². The van der Waals surface area contributed by atoms with E-state index in [0.717, 1.165) is 0 Å². The first kappa shape index (κ1) is 20.4. The maximum atomic E-state index is 12.5. The fraction of sp³-hybridized carbons (Fsp3) is 0.500. The maximum absolute atomic E-state index is 12.5. The zero-order valence-corrected chi connectivity index (χ0v) is 15.6. The fourth-order valence-electron chi connectivity index (χ4n) is 2.96. The number of rotatable bonds is 5. The van der Waals surface area contributed by atoms with Crippen LogP contribution in [0.2, 0.25) is 5.02 Å². The highest BCUT2D eigenvalue weighted by molar-refractivity contribution is 6.31. The number of likely N-dealkylation sites (tertiary alicyclic amines) is 1. The van der Waals surface area contributed by atoms with Gasteiger partial charge >= 0.3 is 0 Å². The van der Waals surface area contributed by atoms with Crippen LogP contribution in [0.4, 0.5) is 0 Å². The summed E-state index contributed by atoms with van der Waals surface area (Å²) in [6, 6.07) is 3.92. The number of hydrogen-bond acceptors (Lipinski definition) is 5. The van der Waals surface area contributed by atoms with Crippen molar-refractivity contribution in [1.82, 2.24) is 10.2 Å². The fourth-order valence-corrected chi connectivity index (χ4v) is 3.13. The van der Waals surface area contributed by atoms with Crippen LogP contribution >= 0.6 is 11.6 Å². The lowest BCUT2D eigenvalue weighted by Crippen LogP contribution is -2.51. The highest BCUT2D eigenvalue weighted by atomic mass is 35.5. The van der Waals surface area contributed by atoms with E-state index in [1.54, 1.807) is 26.0 Å². The third kappa shape index (κ3) is 4.41. The minimum Gasteiger partial charge on any atom is -0.383 e. The Kier molecular flexibility index (Phi) is 6.75. The monoisotopic (exact) mass is 381 g/mol. The van der Waals surface area contributed by atoms with Gasteiger partial charge in [-0.3, -0.25) is 19.7 Å². The van der Waals surface area contributed by atoms with Gasteiger partial charge in [-0.1, -0.05) is 31.5 Å². The van der Waals surface area contributed by atoms with E-state index in [4.69, 9.17) is 17.3 Å². The van der Waals surface area contributed by atoms with E-state index < -0.39 is 29.9 Å². The second-order valence-electron chi connectivity index (χ2n) is 6.70. The summed E-state index contributed by atoms with van der Waals surface area (Å²) in [4.78, 5) is 38.7. The quantitative estimate of drug-likeness (QED) is 0.660. The minimum atomic E-state index is -1.17. The Hall–Kier alpha value is -1.96. The van der Waals surface area contributed by atoms with Crippen LogP contribution in [-0.2, 0) is 16.1 Å². The number of benzene rings is 1. The highest BCUT2D eigenvalue weighted by Crippen LogP contribution is 2.21. The Bertz CT molecular complexity index is 708. The van der Waals surface area contributed by atoms with E-state index in [0.29, 0.717) is 30.0 Å². The lowest BCUT2D eigenvalue weighted by atomic mass is 10.1. The molecule has 1 heterocycles. The molecule has 0 aromatic heterocycles. The second-order valence-corrected chi connectivity index (χ2v) is 7.14. The van der Waals surface area contributed by atoms with Gasteiger partial charge in [-0.05, 0) is 36.5 Å². The molecule has 3 amide bonds. The number of aliphatic hydroxyl groups is 1. The van der Waals surface area contributed by atoms with Crippen molar-refractivity contribution in [1.29, 1.82) is 0 Å². The summed E-state index contributed by atoms with van der Waals surface area (Å²) in [5, 5.41) is 12.7. The Labute approximate surface area is 157 Å². The first-order chi connectivity index (χ1) is 12.3. The van der Waals surface area contributed by atoms with Crippen LogP contribution in [-0.4, -0.2) is 46.4 Å². The molecule has 1 aliphatic rings. The number of nitrogens with zero attached hydrogens (tertiary/aromatic N) is 1. The molecule has 1 saturated heterocycles. The van der Waals surface area contributed by atoms with Crippen LogP contribution in [0.5, 0.6) is 0 Å². The molecular formula is C18H24ClN3O4. The molecule has 1 aromatic carbocycles. The molecule has 4 N–H and O–H groups in total. The van der Waals surface area contributed by atoms with Crippen LogP contribution in [0, 0.1) is 5.92 Å². The van der Waals surface area contributed by atoms with E-state index in [-0.39, 0.29) is 18.0 Å². The van der Waals surface area contributed by atoms with Gasteiger partial charge in [0.2, 0.25) is 5.91 Å².